The number of rotatable bonds is 7. The molecule has 0 aliphatic carbocycles. The molecule has 0 amide bonds. The van der Waals surface area contributed by atoms with Crippen LogP contribution < -0.4 is 4.72 Å². The molecule has 1 aromatic carbocycles. The lowest BCUT2D eigenvalue weighted by Gasteiger charge is -2.08. The van der Waals surface area contributed by atoms with E-state index in [-0.39, 0.29) is 28.8 Å². The molecule has 0 saturated heterocycles. The molecule has 0 saturated carbocycles. The van der Waals surface area contributed by atoms with Gasteiger partial charge in [0.15, 0.2) is 0 Å². The highest BCUT2D eigenvalue weighted by Gasteiger charge is 2.21. The number of sulfonamides is 1. The zero-order valence-corrected chi connectivity index (χ0v) is 11.7. The van der Waals surface area contributed by atoms with Crippen LogP contribution in [0.2, 0.25) is 5.02 Å². The van der Waals surface area contributed by atoms with Gasteiger partial charge in [-0.1, -0.05) is 11.6 Å². The van der Waals surface area contributed by atoms with Crippen molar-refractivity contribution in [3.8, 4) is 0 Å². The Morgan fingerprint density at radius 3 is 2.74 bits per heavy atom. The third-order valence-corrected chi connectivity index (χ3v) is 4.10. The van der Waals surface area contributed by atoms with Gasteiger partial charge in [-0.15, -0.1) is 0 Å². The topological polar surface area (TPSA) is 98.5 Å². The second-order valence-electron chi connectivity index (χ2n) is 3.47. The third kappa shape index (κ3) is 4.43. The summed E-state index contributed by atoms with van der Waals surface area (Å²) in [5.41, 5.74) is -0.338. The molecule has 0 heterocycles. The summed E-state index contributed by atoms with van der Waals surface area (Å²) in [7, 11) is -3.89. The van der Waals surface area contributed by atoms with Gasteiger partial charge < -0.3 is 4.74 Å². The van der Waals surface area contributed by atoms with Gasteiger partial charge in [0.05, 0.1) is 16.6 Å². The Balaban J connectivity index is 2.94. The maximum Gasteiger partial charge on any atom is 0.270 e. The Morgan fingerprint density at radius 2 is 2.16 bits per heavy atom. The summed E-state index contributed by atoms with van der Waals surface area (Å²) >= 11 is 5.75. The zero-order chi connectivity index (χ0) is 14.5. The number of hydrogen-bond acceptors (Lipinski definition) is 5. The molecule has 0 spiro atoms. The number of ether oxygens (including phenoxy) is 1. The molecule has 0 unspecified atom stereocenters. The van der Waals surface area contributed by atoms with Crippen LogP contribution in [0.3, 0.4) is 0 Å². The van der Waals surface area contributed by atoms with E-state index in [0.717, 1.165) is 12.1 Å². The van der Waals surface area contributed by atoms with Crippen molar-refractivity contribution in [3.63, 3.8) is 0 Å². The van der Waals surface area contributed by atoms with Crippen LogP contribution in [0.4, 0.5) is 5.69 Å². The summed E-state index contributed by atoms with van der Waals surface area (Å²) < 4.78 is 31.1. The molecular formula is C10H13ClN2O5S. The minimum atomic E-state index is -3.89. The fourth-order valence-electron chi connectivity index (χ4n) is 1.28. The van der Waals surface area contributed by atoms with Crippen molar-refractivity contribution in [2.45, 2.75) is 11.8 Å². The predicted molar refractivity (Wildman–Crippen MR) is 69.8 cm³/mol. The second kappa shape index (κ2) is 6.80. The fraction of sp³-hybridized carbons (Fsp3) is 0.400. The number of hydrogen-bond donors (Lipinski definition) is 1. The molecule has 19 heavy (non-hydrogen) atoms. The molecule has 0 bridgehead atoms. The van der Waals surface area contributed by atoms with Gasteiger partial charge in [-0.05, 0) is 13.0 Å². The van der Waals surface area contributed by atoms with Crippen LogP contribution in [-0.2, 0) is 14.8 Å². The fourth-order valence-corrected chi connectivity index (χ4v) is 2.81. The van der Waals surface area contributed by atoms with Crippen LogP contribution in [0.5, 0.6) is 0 Å². The van der Waals surface area contributed by atoms with Gasteiger partial charge >= 0.3 is 0 Å². The van der Waals surface area contributed by atoms with Crippen molar-refractivity contribution in [2.75, 3.05) is 19.8 Å². The first kappa shape index (κ1) is 15.8. The number of nitro benzene ring substituents is 1. The first-order valence-corrected chi connectivity index (χ1v) is 7.26. The Hall–Kier alpha value is -1.22. The van der Waals surface area contributed by atoms with Gasteiger partial charge in [-0.3, -0.25) is 10.1 Å². The number of non-ortho nitro benzene ring substituents is 1. The number of benzene rings is 1. The minimum absolute atomic E-state index is 0.0647. The summed E-state index contributed by atoms with van der Waals surface area (Å²) in [6, 6.07) is 3.24. The Bertz CT molecular complexity index is 561. The van der Waals surface area contributed by atoms with Gasteiger partial charge in [0.25, 0.3) is 5.69 Å². The summed E-state index contributed by atoms with van der Waals surface area (Å²) in [5.74, 6) is 0. The lowest BCUT2D eigenvalue weighted by molar-refractivity contribution is -0.385. The molecule has 0 radical (unpaired) electrons. The number of halogens is 1. The lowest BCUT2D eigenvalue weighted by Crippen LogP contribution is -2.27. The summed E-state index contributed by atoms with van der Waals surface area (Å²) in [6.45, 7) is 2.53. The lowest BCUT2D eigenvalue weighted by atomic mass is 10.3. The molecular weight excluding hydrogens is 296 g/mol. The van der Waals surface area contributed by atoms with Crippen LogP contribution in [0.25, 0.3) is 0 Å². The minimum Gasteiger partial charge on any atom is -0.380 e. The Labute approximate surface area is 115 Å². The average Bonchev–Trinajstić information content (AvgIpc) is 2.34. The zero-order valence-electron chi connectivity index (χ0n) is 10.1. The predicted octanol–water partition coefficient (Wildman–Crippen LogP) is 1.56. The van der Waals surface area contributed by atoms with Crippen molar-refractivity contribution in [3.05, 3.63) is 33.3 Å². The molecule has 7 nitrogen and oxygen atoms in total. The van der Waals surface area contributed by atoms with Crippen molar-refractivity contribution < 1.29 is 18.1 Å². The molecule has 1 rings (SSSR count). The van der Waals surface area contributed by atoms with E-state index in [0.29, 0.717) is 6.61 Å². The van der Waals surface area contributed by atoms with Crippen molar-refractivity contribution in [1.82, 2.24) is 4.72 Å². The van der Waals surface area contributed by atoms with Crippen molar-refractivity contribution >= 4 is 27.3 Å². The van der Waals surface area contributed by atoms with E-state index < -0.39 is 14.9 Å². The van der Waals surface area contributed by atoms with E-state index in [1.807, 2.05) is 0 Å². The molecule has 0 fully saturated rings. The van der Waals surface area contributed by atoms with E-state index in [2.05, 4.69) is 4.72 Å². The second-order valence-corrected chi connectivity index (χ2v) is 5.61. The number of nitrogens with one attached hydrogen (secondary N) is 1. The molecule has 106 valence electrons. The average molecular weight is 309 g/mol. The van der Waals surface area contributed by atoms with Crippen LogP contribution in [0.15, 0.2) is 23.1 Å². The number of nitro groups is 1. The highest BCUT2D eigenvalue weighted by atomic mass is 35.5. The maximum absolute atomic E-state index is 11.9. The summed E-state index contributed by atoms with van der Waals surface area (Å²) in [4.78, 5) is 9.61. The van der Waals surface area contributed by atoms with Crippen LogP contribution in [0, 0.1) is 10.1 Å². The van der Waals surface area contributed by atoms with Gasteiger partial charge in [0, 0.05) is 25.3 Å². The first-order valence-electron chi connectivity index (χ1n) is 5.40. The highest BCUT2D eigenvalue weighted by Crippen LogP contribution is 2.25. The maximum atomic E-state index is 11.9. The molecule has 0 aliphatic heterocycles. The monoisotopic (exact) mass is 308 g/mol. The van der Waals surface area contributed by atoms with Crippen LogP contribution >= 0.6 is 11.6 Å². The Morgan fingerprint density at radius 1 is 1.47 bits per heavy atom. The normalized spacial score (nSPS) is 11.5. The SMILES string of the molecule is CCOCCNS(=O)(=O)c1cc([N+](=O)[O-])ccc1Cl. The van der Waals surface area contributed by atoms with E-state index in [4.69, 9.17) is 16.3 Å². The molecule has 1 aromatic rings. The van der Waals surface area contributed by atoms with Gasteiger partial charge in [0.2, 0.25) is 10.0 Å². The summed E-state index contributed by atoms with van der Waals surface area (Å²) in [5, 5.41) is 10.5. The smallest absolute Gasteiger partial charge is 0.270 e. The molecule has 0 atom stereocenters. The van der Waals surface area contributed by atoms with Crippen LogP contribution in [0.1, 0.15) is 6.92 Å². The molecule has 1 N–H and O–H groups in total. The molecule has 0 aromatic heterocycles. The van der Waals surface area contributed by atoms with Gasteiger partial charge in [-0.25, -0.2) is 13.1 Å². The standard InChI is InChI=1S/C10H13ClN2O5S/c1-2-18-6-5-12-19(16,17)10-7-8(13(14)15)3-4-9(10)11/h3-4,7,12H,2,5-6H2,1H3. The van der Waals surface area contributed by atoms with Crippen molar-refractivity contribution in [2.24, 2.45) is 0 Å². The van der Waals surface area contributed by atoms with E-state index >= 15 is 0 Å². The largest absolute Gasteiger partial charge is 0.380 e. The van der Waals surface area contributed by atoms with Gasteiger partial charge in [0.1, 0.15) is 4.90 Å². The Kier molecular flexibility index (Phi) is 5.67. The van der Waals surface area contributed by atoms with E-state index in [9.17, 15) is 18.5 Å². The van der Waals surface area contributed by atoms with Crippen LogP contribution in [-0.4, -0.2) is 33.1 Å². The number of nitrogens with zero attached hydrogens (tertiary/aromatic N) is 1. The van der Waals surface area contributed by atoms with Crippen molar-refractivity contribution in [1.29, 1.82) is 0 Å². The van der Waals surface area contributed by atoms with E-state index in [1.54, 1.807) is 6.92 Å². The summed E-state index contributed by atoms with van der Waals surface area (Å²) in [6.07, 6.45) is 0. The highest BCUT2D eigenvalue weighted by molar-refractivity contribution is 7.89. The first-order chi connectivity index (χ1) is 8.88. The third-order valence-electron chi connectivity index (χ3n) is 2.16. The van der Waals surface area contributed by atoms with Gasteiger partial charge in [-0.2, -0.15) is 0 Å². The molecule has 9 heteroatoms. The molecule has 0 aliphatic rings. The van der Waals surface area contributed by atoms with E-state index in [1.165, 1.54) is 6.07 Å². The quantitative estimate of drug-likeness (QED) is 0.468.